The minimum absolute atomic E-state index is 0.0263. The highest BCUT2D eigenvalue weighted by atomic mass is 19.1. The third kappa shape index (κ3) is 3.40. The molecule has 0 unspecified atom stereocenters. The van der Waals surface area contributed by atoms with Crippen molar-refractivity contribution in [2.75, 3.05) is 6.61 Å². The predicted octanol–water partition coefficient (Wildman–Crippen LogP) is 3.99. The summed E-state index contributed by atoms with van der Waals surface area (Å²) in [5.74, 6) is -0.0930. The zero-order chi connectivity index (χ0) is 15.2. The third-order valence-electron chi connectivity index (χ3n) is 2.88. The standard InChI is InChI=1S/C17H14FNO2/c1-2-21-17-10-12(7-8-16(17)20)9-13(11-19)14-5-3-4-6-15(14)18/h3-10,20H,2H2,1H3/b13-9-. The van der Waals surface area contributed by atoms with Crippen LogP contribution >= 0.6 is 0 Å². The van der Waals surface area contributed by atoms with Gasteiger partial charge in [-0.1, -0.05) is 24.3 Å². The van der Waals surface area contributed by atoms with Crippen molar-refractivity contribution in [2.45, 2.75) is 6.92 Å². The normalized spacial score (nSPS) is 11.0. The Bertz CT molecular complexity index is 717. The molecule has 106 valence electrons. The van der Waals surface area contributed by atoms with Crippen LogP contribution in [0.3, 0.4) is 0 Å². The molecule has 0 amide bonds. The Balaban J connectivity index is 2.44. The van der Waals surface area contributed by atoms with Crippen LogP contribution in [0.5, 0.6) is 11.5 Å². The molecule has 0 aliphatic rings. The van der Waals surface area contributed by atoms with Gasteiger partial charge in [0.25, 0.3) is 0 Å². The maximum atomic E-state index is 13.7. The first-order chi connectivity index (χ1) is 10.2. The molecule has 0 fully saturated rings. The van der Waals surface area contributed by atoms with Gasteiger partial charge in [-0.3, -0.25) is 0 Å². The number of benzene rings is 2. The maximum Gasteiger partial charge on any atom is 0.161 e. The summed E-state index contributed by atoms with van der Waals surface area (Å²) in [5.41, 5.74) is 1.10. The minimum atomic E-state index is -0.450. The van der Waals surface area contributed by atoms with Gasteiger partial charge in [0, 0.05) is 5.56 Å². The van der Waals surface area contributed by atoms with Crippen LogP contribution in [0, 0.1) is 17.1 Å². The molecule has 0 atom stereocenters. The lowest BCUT2D eigenvalue weighted by molar-refractivity contribution is 0.318. The lowest BCUT2D eigenvalue weighted by atomic mass is 10.0. The average molecular weight is 283 g/mol. The van der Waals surface area contributed by atoms with E-state index in [2.05, 4.69) is 0 Å². The summed E-state index contributed by atoms with van der Waals surface area (Å²) < 4.78 is 19.0. The average Bonchev–Trinajstić information content (AvgIpc) is 2.49. The first-order valence-electron chi connectivity index (χ1n) is 6.48. The Morgan fingerprint density at radius 2 is 2.10 bits per heavy atom. The molecule has 2 aromatic carbocycles. The van der Waals surface area contributed by atoms with Crippen molar-refractivity contribution in [1.29, 1.82) is 5.26 Å². The number of hydrogen-bond donors (Lipinski definition) is 1. The molecule has 0 spiro atoms. The van der Waals surface area contributed by atoms with E-state index in [4.69, 9.17) is 4.74 Å². The van der Waals surface area contributed by atoms with Crippen molar-refractivity contribution in [1.82, 2.24) is 0 Å². The number of aromatic hydroxyl groups is 1. The van der Waals surface area contributed by atoms with Gasteiger partial charge in [-0.2, -0.15) is 5.26 Å². The van der Waals surface area contributed by atoms with Crippen molar-refractivity contribution in [3.63, 3.8) is 0 Å². The van der Waals surface area contributed by atoms with E-state index in [9.17, 15) is 14.8 Å². The predicted molar refractivity (Wildman–Crippen MR) is 79.2 cm³/mol. The SMILES string of the molecule is CCOc1cc(/C=C(/C#N)c2ccccc2F)ccc1O. The summed E-state index contributed by atoms with van der Waals surface area (Å²) in [7, 11) is 0. The van der Waals surface area contributed by atoms with E-state index in [1.807, 2.05) is 13.0 Å². The second kappa shape index (κ2) is 6.58. The molecule has 0 aliphatic heterocycles. The molecule has 1 N–H and O–H groups in total. The Hall–Kier alpha value is -2.80. The highest BCUT2D eigenvalue weighted by Gasteiger charge is 2.08. The van der Waals surface area contributed by atoms with Crippen LogP contribution in [0.15, 0.2) is 42.5 Å². The number of nitriles is 1. The summed E-state index contributed by atoms with van der Waals surface area (Å²) in [6, 6.07) is 12.8. The summed E-state index contributed by atoms with van der Waals surface area (Å²) in [6.07, 6.45) is 1.56. The van der Waals surface area contributed by atoms with Crippen LogP contribution in [0.4, 0.5) is 4.39 Å². The van der Waals surface area contributed by atoms with E-state index in [0.29, 0.717) is 17.9 Å². The number of hydrogen-bond acceptors (Lipinski definition) is 3. The van der Waals surface area contributed by atoms with E-state index in [1.165, 1.54) is 12.1 Å². The number of phenolic OH excluding ortho intramolecular Hbond substituents is 1. The van der Waals surface area contributed by atoms with Crippen molar-refractivity contribution in [2.24, 2.45) is 0 Å². The Labute approximate surface area is 122 Å². The Morgan fingerprint density at radius 3 is 2.76 bits per heavy atom. The third-order valence-corrected chi connectivity index (χ3v) is 2.88. The van der Waals surface area contributed by atoms with E-state index in [1.54, 1.807) is 36.4 Å². The van der Waals surface area contributed by atoms with E-state index in [0.717, 1.165) is 0 Å². The molecule has 0 aliphatic carbocycles. The molecule has 3 nitrogen and oxygen atoms in total. The van der Waals surface area contributed by atoms with Crippen molar-refractivity contribution in [3.8, 4) is 17.6 Å². The largest absolute Gasteiger partial charge is 0.504 e. The number of ether oxygens (including phenoxy) is 1. The van der Waals surface area contributed by atoms with Crippen LogP contribution in [0.2, 0.25) is 0 Å². The highest BCUT2D eigenvalue weighted by molar-refractivity contribution is 5.90. The number of nitrogens with zero attached hydrogens (tertiary/aromatic N) is 1. The van der Waals surface area contributed by atoms with Crippen molar-refractivity contribution >= 4 is 11.6 Å². The lowest BCUT2D eigenvalue weighted by Crippen LogP contribution is -1.92. The van der Waals surface area contributed by atoms with Gasteiger partial charge < -0.3 is 9.84 Å². The molecule has 2 aromatic rings. The van der Waals surface area contributed by atoms with Crippen LogP contribution in [-0.4, -0.2) is 11.7 Å². The van der Waals surface area contributed by atoms with E-state index >= 15 is 0 Å². The topological polar surface area (TPSA) is 53.2 Å². The summed E-state index contributed by atoms with van der Waals surface area (Å²) in [6.45, 7) is 2.22. The van der Waals surface area contributed by atoms with Gasteiger partial charge >= 0.3 is 0 Å². The van der Waals surface area contributed by atoms with Gasteiger partial charge in [-0.25, -0.2) is 4.39 Å². The first-order valence-corrected chi connectivity index (χ1v) is 6.48. The lowest BCUT2D eigenvalue weighted by Gasteiger charge is -2.07. The van der Waals surface area contributed by atoms with Crippen LogP contribution < -0.4 is 4.74 Å². The monoisotopic (exact) mass is 283 g/mol. The molecule has 0 aromatic heterocycles. The molecular formula is C17H14FNO2. The summed E-state index contributed by atoms with van der Waals surface area (Å²) in [4.78, 5) is 0. The van der Waals surface area contributed by atoms with Gasteiger partial charge in [0.15, 0.2) is 11.5 Å². The molecule has 4 heteroatoms. The van der Waals surface area contributed by atoms with E-state index < -0.39 is 5.82 Å². The number of phenols is 1. The van der Waals surface area contributed by atoms with Gasteiger partial charge in [0.2, 0.25) is 0 Å². The molecule has 0 saturated heterocycles. The zero-order valence-electron chi connectivity index (χ0n) is 11.5. The molecular weight excluding hydrogens is 269 g/mol. The molecule has 2 rings (SSSR count). The quantitative estimate of drug-likeness (QED) is 0.681. The molecule has 0 heterocycles. The van der Waals surface area contributed by atoms with Crippen molar-refractivity contribution < 1.29 is 14.2 Å². The van der Waals surface area contributed by atoms with Gasteiger partial charge in [-0.05, 0) is 36.8 Å². The second-order valence-electron chi connectivity index (χ2n) is 4.31. The highest BCUT2D eigenvalue weighted by Crippen LogP contribution is 2.29. The van der Waals surface area contributed by atoms with Crippen molar-refractivity contribution in [3.05, 3.63) is 59.4 Å². The van der Waals surface area contributed by atoms with Crippen LogP contribution in [0.25, 0.3) is 11.6 Å². The van der Waals surface area contributed by atoms with Crippen LogP contribution in [0.1, 0.15) is 18.1 Å². The van der Waals surface area contributed by atoms with Gasteiger partial charge in [0.1, 0.15) is 5.82 Å². The summed E-state index contributed by atoms with van der Waals surface area (Å²) >= 11 is 0. The first kappa shape index (κ1) is 14.6. The molecule has 0 bridgehead atoms. The molecule has 0 radical (unpaired) electrons. The van der Waals surface area contributed by atoms with E-state index in [-0.39, 0.29) is 16.9 Å². The number of allylic oxidation sites excluding steroid dienone is 1. The van der Waals surface area contributed by atoms with Gasteiger partial charge in [-0.15, -0.1) is 0 Å². The number of rotatable bonds is 4. The van der Waals surface area contributed by atoms with Crippen LogP contribution in [-0.2, 0) is 0 Å². The fourth-order valence-electron chi connectivity index (χ4n) is 1.91. The molecule has 21 heavy (non-hydrogen) atoms. The Morgan fingerprint density at radius 1 is 1.33 bits per heavy atom. The number of halogens is 1. The smallest absolute Gasteiger partial charge is 0.161 e. The maximum absolute atomic E-state index is 13.7. The summed E-state index contributed by atoms with van der Waals surface area (Å²) in [5, 5.41) is 18.9. The second-order valence-corrected chi connectivity index (χ2v) is 4.31. The molecule has 0 saturated carbocycles. The Kier molecular flexibility index (Phi) is 4.57. The fraction of sp³-hybridized carbons (Fsp3) is 0.118. The van der Waals surface area contributed by atoms with Gasteiger partial charge in [0.05, 0.1) is 18.2 Å². The minimum Gasteiger partial charge on any atom is -0.504 e. The zero-order valence-corrected chi connectivity index (χ0v) is 11.5. The fourth-order valence-corrected chi connectivity index (χ4v) is 1.91.